The fourth-order valence-corrected chi connectivity index (χ4v) is 4.44. The van der Waals surface area contributed by atoms with Crippen LogP contribution in [0.1, 0.15) is 30.2 Å². The molecular weight excluding hydrogens is 342 g/mol. The zero-order valence-electron chi connectivity index (χ0n) is 15.8. The average Bonchev–Trinajstić information content (AvgIpc) is 3.29. The lowest BCUT2D eigenvalue weighted by molar-refractivity contribution is -0.125. The second-order valence-corrected chi connectivity index (χ2v) is 7.51. The number of hydrogen-bond donors (Lipinski definition) is 1. The Labute approximate surface area is 158 Å². The lowest BCUT2D eigenvalue weighted by Gasteiger charge is -2.24. The molecule has 2 amide bonds. The van der Waals surface area contributed by atoms with Gasteiger partial charge in [-0.15, -0.1) is 0 Å². The Balaban J connectivity index is 1.61. The first-order valence-corrected chi connectivity index (χ1v) is 9.39. The van der Waals surface area contributed by atoms with Crippen molar-refractivity contribution >= 4 is 17.5 Å². The summed E-state index contributed by atoms with van der Waals surface area (Å²) in [7, 11) is 0. The SMILES string of the molecule is CCn1cc(CN2CCC3(C2)C(=O)N(CC(N)=O)c2ccccc23)c(C)n1. The van der Waals surface area contributed by atoms with Gasteiger partial charge < -0.3 is 10.6 Å². The number of primary amides is 1. The van der Waals surface area contributed by atoms with Gasteiger partial charge in [-0.05, 0) is 38.4 Å². The summed E-state index contributed by atoms with van der Waals surface area (Å²) >= 11 is 0. The largest absolute Gasteiger partial charge is 0.368 e. The van der Waals surface area contributed by atoms with Crippen LogP contribution < -0.4 is 10.6 Å². The van der Waals surface area contributed by atoms with E-state index in [0.29, 0.717) is 6.54 Å². The predicted molar refractivity (Wildman–Crippen MR) is 102 cm³/mol. The van der Waals surface area contributed by atoms with E-state index >= 15 is 0 Å². The van der Waals surface area contributed by atoms with E-state index in [9.17, 15) is 9.59 Å². The van der Waals surface area contributed by atoms with Crippen LogP contribution in [0.4, 0.5) is 5.69 Å². The number of nitrogens with two attached hydrogens (primary N) is 1. The van der Waals surface area contributed by atoms with E-state index in [1.165, 1.54) is 5.56 Å². The standard InChI is InChI=1S/C20H25N5O2/c1-3-24-11-15(14(2)22-24)10-23-9-8-20(13-23)16-6-4-5-7-17(16)25(19(20)27)12-18(21)26/h4-7,11H,3,8-10,12-13H2,1-2H3,(H2,21,26). The molecule has 1 saturated heterocycles. The fourth-order valence-electron chi connectivity index (χ4n) is 4.44. The molecular formula is C20H25N5O2. The highest BCUT2D eigenvalue weighted by Crippen LogP contribution is 2.47. The van der Waals surface area contributed by atoms with Crippen LogP contribution in [-0.4, -0.2) is 46.1 Å². The van der Waals surface area contributed by atoms with E-state index in [1.54, 1.807) is 4.90 Å². The number of anilines is 1. The van der Waals surface area contributed by atoms with Crippen LogP contribution in [0, 0.1) is 6.92 Å². The molecule has 1 aromatic carbocycles. The van der Waals surface area contributed by atoms with E-state index in [1.807, 2.05) is 35.9 Å². The number of para-hydroxylation sites is 1. The third-order valence-corrected chi connectivity index (χ3v) is 5.79. The number of nitrogens with zero attached hydrogens (tertiary/aromatic N) is 4. The van der Waals surface area contributed by atoms with Crippen LogP contribution in [0.15, 0.2) is 30.5 Å². The zero-order valence-corrected chi connectivity index (χ0v) is 15.8. The van der Waals surface area contributed by atoms with Gasteiger partial charge in [-0.1, -0.05) is 18.2 Å². The maximum atomic E-state index is 13.3. The third-order valence-electron chi connectivity index (χ3n) is 5.79. The Bertz CT molecular complexity index is 906. The van der Waals surface area contributed by atoms with Crippen molar-refractivity contribution in [3.05, 3.63) is 47.3 Å². The normalized spacial score (nSPS) is 22.0. The first kappa shape index (κ1) is 17.7. The summed E-state index contributed by atoms with van der Waals surface area (Å²) in [5.41, 5.74) is 8.87. The molecule has 0 aliphatic carbocycles. The van der Waals surface area contributed by atoms with E-state index in [0.717, 1.165) is 43.0 Å². The summed E-state index contributed by atoms with van der Waals surface area (Å²) in [4.78, 5) is 28.7. The van der Waals surface area contributed by atoms with Crippen molar-refractivity contribution < 1.29 is 9.59 Å². The first-order valence-electron chi connectivity index (χ1n) is 9.39. The number of hydrogen-bond acceptors (Lipinski definition) is 4. The van der Waals surface area contributed by atoms with E-state index in [-0.39, 0.29) is 12.5 Å². The molecule has 2 aliphatic heterocycles. The molecule has 1 spiro atoms. The molecule has 2 aliphatic rings. The second kappa shape index (κ2) is 6.49. The summed E-state index contributed by atoms with van der Waals surface area (Å²) in [6.45, 7) is 7.13. The number of benzene rings is 1. The quantitative estimate of drug-likeness (QED) is 0.860. The summed E-state index contributed by atoms with van der Waals surface area (Å²) in [5.74, 6) is -0.501. The molecule has 3 heterocycles. The van der Waals surface area contributed by atoms with E-state index in [4.69, 9.17) is 5.73 Å². The van der Waals surface area contributed by atoms with Crippen molar-refractivity contribution in [1.82, 2.24) is 14.7 Å². The molecule has 1 aromatic heterocycles. The molecule has 0 saturated carbocycles. The third kappa shape index (κ3) is 2.82. The number of rotatable bonds is 5. The summed E-state index contributed by atoms with van der Waals surface area (Å²) in [6, 6.07) is 7.77. The molecule has 2 aromatic rings. The van der Waals surface area contributed by atoms with Crippen LogP contribution in [0.25, 0.3) is 0 Å². The number of aryl methyl sites for hydroxylation is 2. The molecule has 7 nitrogen and oxygen atoms in total. The molecule has 0 radical (unpaired) electrons. The monoisotopic (exact) mass is 367 g/mol. The number of fused-ring (bicyclic) bond motifs is 2. The van der Waals surface area contributed by atoms with Crippen LogP contribution in [0.3, 0.4) is 0 Å². The maximum absolute atomic E-state index is 13.3. The average molecular weight is 367 g/mol. The molecule has 1 atom stereocenters. The molecule has 1 fully saturated rings. The van der Waals surface area contributed by atoms with Gasteiger partial charge in [0, 0.05) is 37.1 Å². The first-order chi connectivity index (χ1) is 12.9. The Kier molecular flexibility index (Phi) is 4.26. The highest BCUT2D eigenvalue weighted by molar-refractivity contribution is 6.11. The van der Waals surface area contributed by atoms with Crippen LogP contribution >= 0.6 is 0 Å². The van der Waals surface area contributed by atoms with Gasteiger partial charge >= 0.3 is 0 Å². The molecule has 7 heteroatoms. The van der Waals surface area contributed by atoms with Crippen LogP contribution in [0.5, 0.6) is 0 Å². The molecule has 142 valence electrons. The molecule has 0 bridgehead atoms. The van der Waals surface area contributed by atoms with Gasteiger partial charge in [0.25, 0.3) is 0 Å². The van der Waals surface area contributed by atoms with Gasteiger partial charge in [0.1, 0.15) is 6.54 Å². The van der Waals surface area contributed by atoms with E-state index < -0.39 is 11.3 Å². The Morgan fingerprint density at radius 1 is 1.33 bits per heavy atom. The minimum absolute atomic E-state index is 0.00836. The Morgan fingerprint density at radius 3 is 2.81 bits per heavy atom. The maximum Gasteiger partial charge on any atom is 0.239 e. The zero-order chi connectivity index (χ0) is 19.2. The summed E-state index contributed by atoms with van der Waals surface area (Å²) < 4.78 is 1.95. The second-order valence-electron chi connectivity index (χ2n) is 7.51. The molecule has 4 rings (SSSR count). The van der Waals surface area contributed by atoms with Crippen molar-refractivity contribution in [2.45, 2.75) is 38.8 Å². The minimum Gasteiger partial charge on any atom is -0.368 e. The summed E-state index contributed by atoms with van der Waals surface area (Å²) in [6.07, 6.45) is 2.84. The highest BCUT2D eigenvalue weighted by atomic mass is 16.2. The summed E-state index contributed by atoms with van der Waals surface area (Å²) in [5, 5.41) is 4.52. The van der Waals surface area contributed by atoms with Gasteiger partial charge in [0.2, 0.25) is 11.8 Å². The smallest absolute Gasteiger partial charge is 0.239 e. The van der Waals surface area contributed by atoms with Crippen molar-refractivity contribution in [2.24, 2.45) is 5.73 Å². The van der Waals surface area contributed by atoms with Crippen molar-refractivity contribution in [1.29, 1.82) is 0 Å². The lowest BCUT2D eigenvalue weighted by Crippen LogP contribution is -2.45. The van der Waals surface area contributed by atoms with Crippen molar-refractivity contribution in [3.8, 4) is 0 Å². The van der Waals surface area contributed by atoms with Gasteiger partial charge in [0.15, 0.2) is 0 Å². The van der Waals surface area contributed by atoms with Gasteiger partial charge in [-0.25, -0.2) is 0 Å². The number of carbonyl (C=O) groups is 2. The van der Waals surface area contributed by atoms with E-state index in [2.05, 4.69) is 23.1 Å². The molecule has 2 N–H and O–H groups in total. The molecule has 1 unspecified atom stereocenters. The topological polar surface area (TPSA) is 84.5 Å². The van der Waals surface area contributed by atoms with Crippen LogP contribution in [-0.2, 0) is 28.1 Å². The fraction of sp³-hybridized carbons (Fsp3) is 0.450. The highest BCUT2D eigenvalue weighted by Gasteiger charge is 2.54. The number of aromatic nitrogens is 2. The molecule has 27 heavy (non-hydrogen) atoms. The Hall–Kier alpha value is -2.67. The number of amides is 2. The van der Waals surface area contributed by atoms with Crippen molar-refractivity contribution in [2.75, 3.05) is 24.5 Å². The predicted octanol–water partition coefficient (Wildman–Crippen LogP) is 1.19. The van der Waals surface area contributed by atoms with Crippen molar-refractivity contribution in [3.63, 3.8) is 0 Å². The van der Waals surface area contributed by atoms with Gasteiger partial charge in [-0.3, -0.25) is 19.2 Å². The Morgan fingerprint density at radius 2 is 2.11 bits per heavy atom. The van der Waals surface area contributed by atoms with Gasteiger partial charge in [-0.2, -0.15) is 5.10 Å². The minimum atomic E-state index is -0.583. The lowest BCUT2D eigenvalue weighted by atomic mass is 9.81. The van der Waals surface area contributed by atoms with Crippen LogP contribution in [0.2, 0.25) is 0 Å². The van der Waals surface area contributed by atoms with Gasteiger partial charge in [0.05, 0.1) is 11.1 Å². The number of carbonyl (C=O) groups excluding carboxylic acids is 2. The number of likely N-dealkylation sites (tertiary alicyclic amines) is 1.